The Morgan fingerprint density at radius 3 is 2.36 bits per heavy atom. The van der Waals surface area contributed by atoms with Crippen LogP contribution in [0, 0.1) is 0 Å². The van der Waals surface area contributed by atoms with Crippen molar-refractivity contribution >= 4 is 17.9 Å². The highest BCUT2D eigenvalue weighted by molar-refractivity contribution is 5.80. The minimum Gasteiger partial charge on any atom is -0.456 e. The normalized spacial score (nSPS) is 10.2. The fourth-order valence-electron chi connectivity index (χ4n) is 1.74. The van der Waals surface area contributed by atoms with Gasteiger partial charge in [-0.3, -0.25) is 9.59 Å². The van der Waals surface area contributed by atoms with E-state index in [4.69, 9.17) is 10.5 Å². The Morgan fingerprint density at radius 2 is 1.76 bits per heavy atom. The molecule has 0 aliphatic rings. The van der Waals surface area contributed by atoms with E-state index in [0.29, 0.717) is 6.42 Å². The predicted octanol–water partition coefficient (Wildman–Crippen LogP) is 0.548. The first kappa shape index (κ1) is 20.1. The van der Waals surface area contributed by atoms with Crippen LogP contribution in [-0.4, -0.2) is 44.2 Å². The second-order valence-corrected chi connectivity index (χ2v) is 4.82. The molecule has 0 heterocycles. The van der Waals surface area contributed by atoms with E-state index in [1.165, 1.54) is 12.1 Å². The summed E-state index contributed by atoms with van der Waals surface area (Å²) in [6.07, 6.45) is 0.375. The molecule has 25 heavy (non-hydrogen) atoms. The predicted molar refractivity (Wildman–Crippen MR) is 82.9 cm³/mol. The Hall–Kier alpha value is -2.91. The monoisotopic (exact) mass is 359 g/mol. The van der Waals surface area contributed by atoms with Gasteiger partial charge in [0.15, 0.2) is 6.61 Å². The fourth-order valence-corrected chi connectivity index (χ4v) is 1.74. The summed E-state index contributed by atoms with van der Waals surface area (Å²) < 4.78 is 33.0. The van der Waals surface area contributed by atoms with Crippen molar-refractivity contribution < 1.29 is 32.6 Å². The van der Waals surface area contributed by atoms with Crippen LogP contribution in [0.1, 0.15) is 12.0 Å². The molecule has 0 aromatic heterocycles. The molecule has 0 saturated carbocycles. The number of carbonyl (C=O) groups excluding carboxylic acids is 3. The zero-order valence-corrected chi connectivity index (χ0v) is 13.3. The molecule has 0 saturated heterocycles. The minimum atomic E-state index is -2.88. The molecule has 1 aromatic carbocycles. The van der Waals surface area contributed by atoms with Crippen molar-refractivity contribution in [1.29, 1.82) is 0 Å². The highest BCUT2D eigenvalue weighted by Crippen LogP contribution is 2.14. The van der Waals surface area contributed by atoms with Gasteiger partial charge in [-0.05, 0) is 24.1 Å². The number of alkyl halides is 2. The van der Waals surface area contributed by atoms with Crippen LogP contribution in [0.3, 0.4) is 0 Å². The van der Waals surface area contributed by atoms with Crippen molar-refractivity contribution in [2.24, 2.45) is 5.73 Å². The van der Waals surface area contributed by atoms with E-state index < -0.39 is 31.1 Å². The number of benzene rings is 1. The molecule has 0 bridgehead atoms. The number of amides is 3. The molecule has 1 aromatic rings. The summed E-state index contributed by atoms with van der Waals surface area (Å²) in [5.74, 6) is -1.06. The summed E-state index contributed by atoms with van der Waals surface area (Å²) in [4.78, 5) is 33.2. The van der Waals surface area contributed by atoms with Crippen LogP contribution in [-0.2, 0) is 20.7 Å². The number of nitrogens with two attached hydrogens (primary N) is 1. The number of ether oxygens (including phenoxy) is 2. The van der Waals surface area contributed by atoms with Crippen LogP contribution in [0.5, 0.6) is 5.75 Å². The summed E-state index contributed by atoms with van der Waals surface area (Å²) in [7, 11) is 0. The summed E-state index contributed by atoms with van der Waals surface area (Å²) in [6.45, 7) is -2.99. The minimum absolute atomic E-state index is 0.0288. The Kier molecular flexibility index (Phi) is 8.69. The van der Waals surface area contributed by atoms with E-state index in [2.05, 4.69) is 15.4 Å². The molecular formula is C15H19F2N3O5. The Bertz CT molecular complexity index is 581. The molecule has 0 atom stereocenters. The molecule has 8 nitrogen and oxygen atoms in total. The van der Waals surface area contributed by atoms with Crippen LogP contribution >= 0.6 is 0 Å². The first-order valence-corrected chi connectivity index (χ1v) is 7.36. The quantitative estimate of drug-likeness (QED) is 0.527. The highest BCUT2D eigenvalue weighted by Gasteiger charge is 2.08. The largest absolute Gasteiger partial charge is 0.456 e. The first-order chi connectivity index (χ1) is 11.9. The maximum absolute atomic E-state index is 12.0. The van der Waals surface area contributed by atoms with Crippen molar-refractivity contribution in [2.75, 3.05) is 19.7 Å². The molecule has 0 aliphatic carbocycles. The van der Waals surface area contributed by atoms with E-state index in [1.54, 1.807) is 12.1 Å². The topological polar surface area (TPSA) is 120 Å². The zero-order valence-electron chi connectivity index (χ0n) is 13.3. The van der Waals surface area contributed by atoms with Crippen molar-refractivity contribution in [3.63, 3.8) is 0 Å². The molecule has 3 amide bonds. The molecule has 0 fully saturated rings. The van der Waals surface area contributed by atoms with Crippen LogP contribution in [0.4, 0.5) is 13.6 Å². The smallest absolute Gasteiger partial charge is 0.387 e. The van der Waals surface area contributed by atoms with E-state index in [1.807, 2.05) is 0 Å². The third-order valence-electron chi connectivity index (χ3n) is 2.88. The van der Waals surface area contributed by atoms with Gasteiger partial charge in [-0.15, -0.1) is 0 Å². The molecule has 0 aliphatic heterocycles. The number of nitrogens with one attached hydrogen (secondary N) is 2. The van der Waals surface area contributed by atoms with Crippen molar-refractivity contribution in [1.82, 2.24) is 10.6 Å². The van der Waals surface area contributed by atoms with E-state index >= 15 is 0 Å². The molecule has 10 heteroatoms. The number of carbonyl (C=O) groups is 3. The van der Waals surface area contributed by atoms with E-state index in [9.17, 15) is 23.2 Å². The molecule has 138 valence electrons. The number of hydrogen-bond acceptors (Lipinski definition) is 5. The molecule has 0 spiro atoms. The number of esters is 1. The van der Waals surface area contributed by atoms with Crippen molar-refractivity contribution in [2.45, 2.75) is 19.5 Å². The Labute approximate surface area is 142 Å². The van der Waals surface area contributed by atoms with Crippen molar-refractivity contribution in [3.8, 4) is 5.75 Å². The third kappa shape index (κ3) is 9.74. The number of primary amides is 1. The van der Waals surface area contributed by atoms with Crippen LogP contribution in [0.15, 0.2) is 24.3 Å². The number of rotatable bonds is 10. The summed E-state index contributed by atoms with van der Waals surface area (Å²) in [5, 5.41) is 4.77. The summed E-state index contributed by atoms with van der Waals surface area (Å²) in [5.41, 5.74) is 5.64. The summed E-state index contributed by atoms with van der Waals surface area (Å²) >= 11 is 0. The lowest BCUT2D eigenvalue weighted by molar-refractivity contribution is -0.148. The number of urea groups is 1. The van der Waals surface area contributed by atoms with E-state index in [-0.39, 0.29) is 25.3 Å². The average molecular weight is 359 g/mol. The van der Waals surface area contributed by atoms with Gasteiger partial charge in [0.25, 0.3) is 5.91 Å². The second-order valence-electron chi connectivity index (χ2n) is 4.82. The van der Waals surface area contributed by atoms with Gasteiger partial charge < -0.3 is 25.8 Å². The summed E-state index contributed by atoms with van der Waals surface area (Å²) in [6, 6.07) is 5.28. The average Bonchev–Trinajstić information content (AvgIpc) is 2.54. The van der Waals surface area contributed by atoms with Gasteiger partial charge in [0.2, 0.25) is 0 Å². The van der Waals surface area contributed by atoms with E-state index in [0.717, 1.165) is 5.56 Å². The lowest BCUT2D eigenvalue weighted by atomic mass is 10.1. The standard InChI is InChI=1S/C15H19F2N3O5/c16-14(17)25-11-3-1-10(2-4-11)5-7-19-12(21)9-24-13(22)6-8-20-15(18)23/h1-4,14H,5-9H2,(H,19,21)(H3,18,20,23). The van der Waals surface area contributed by atoms with Crippen molar-refractivity contribution in [3.05, 3.63) is 29.8 Å². The van der Waals surface area contributed by atoms with Gasteiger partial charge in [-0.1, -0.05) is 12.1 Å². The molecular weight excluding hydrogens is 340 g/mol. The highest BCUT2D eigenvalue weighted by atomic mass is 19.3. The second kappa shape index (κ2) is 10.8. The van der Waals surface area contributed by atoms with Gasteiger partial charge in [-0.2, -0.15) is 8.78 Å². The SMILES string of the molecule is NC(=O)NCCC(=O)OCC(=O)NCCc1ccc(OC(F)F)cc1. The first-order valence-electron chi connectivity index (χ1n) is 7.36. The zero-order chi connectivity index (χ0) is 18.7. The van der Waals surface area contributed by atoms with Crippen LogP contribution in [0.2, 0.25) is 0 Å². The van der Waals surface area contributed by atoms with Gasteiger partial charge in [0.1, 0.15) is 5.75 Å². The molecule has 1 rings (SSSR count). The van der Waals surface area contributed by atoms with Gasteiger partial charge in [0, 0.05) is 13.1 Å². The van der Waals surface area contributed by atoms with Gasteiger partial charge >= 0.3 is 18.6 Å². The lowest BCUT2D eigenvalue weighted by Gasteiger charge is -2.08. The fraction of sp³-hybridized carbons (Fsp3) is 0.400. The van der Waals surface area contributed by atoms with Crippen LogP contribution < -0.4 is 21.1 Å². The number of hydrogen-bond donors (Lipinski definition) is 3. The number of halogens is 2. The van der Waals surface area contributed by atoms with Crippen LogP contribution in [0.25, 0.3) is 0 Å². The lowest BCUT2D eigenvalue weighted by Crippen LogP contribution is -2.33. The maximum atomic E-state index is 12.0. The molecule has 4 N–H and O–H groups in total. The van der Waals surface area contributed by atoms with Gasteiger partial charge in [-0.25, -0.2) is 4.79 Å². The molecule has 0 unspecified atom stereocenters. The van der Waals surface area contributed by atoms with Gasteiger partial charge in [0.05, 0.1) is 6.42 Å². The Balaban J connectivity index is 2.17. The maximum Gasteiger partial charge on any atom is 0.387 e. The Morgan fingerprint density at radius 1 is 1.08 bits per heavy atom. The molecule has 0 radical (unpaired) electrons. The third-order valence-corrected chi connectivity index (χ3v) is 2.88.